The third-order valence-corrected chi connectivity index (χ3v) is 13.2. The maximum atomic E-state index is 12.0. The highest BCUT2D eigenvalue weighted by atomic mass is 32.2. The van der Waals surface area contributed by atoms with Crippen molar-refractivity contribution in [3.63, 3.8) is 0 Å². The second kappa shape index (κ2) is 17.4. The molecule has 12 heteroatoms. The summed E-state index contributed by atoms with van der Waals surface area (Å²) >= 11 is 5.66. The zero-order valence-electron chi connectivity index (χ0n) is 34.5. The Balaban J connectivity index is 0.00000131. The Morgan fingerprint density at radius 3 is 0.929 bits per heavy atom. The third kappa shape index (κ3) is 11.1. The lowest BCUT2D eigenvalue weighted by Gasteiger charge is -2.27. The Kier molecular flexibility index (Phi) is 14.1. The molecule has 5 rings (SSSR count). The summed E-state index contributed by atoms with van der Waals surface area (Å²) < 4.78 is 6.47. The molecule has 0 saturated carbocycles. The van der Waals surface area contributed by atoms with Crippen molar-refractivity contribution in [2.75, 3.05) is 19.8 Å². The van der Waals surface area contributed by atoms with Crippen molar-refractivity contribution in [1.29, 1.82) is 0 Å². The van der Waals surface area contributed by atoms with Gasteiger partial charge in [-0.1, -0.05) is 130 Å². The van der Waals surface area contributed by atoms with Crippen LogP contribution in [0.2, 0.25) is 0 Å². The highest BCUT2D eigenvalue weighted by Crippen LogP contribution is 2.55. The molecule has 0 saturated heterocycles. The van der Waals surface area contributed by atoms with Crippen LogP contribution < -0.4 is 10.5 Å². The third-order valence-electron chi connectivity index (χ3n) is 8.98. The summed E-state index contributed by atoms with van der Waals surface area (Å²) in [5.74, 6) is -0.106. The molecule has 0 aliphatic carbocycles. The first-order valence-electron chi connectivity index (χ1n) is 18.4. The molecule has 0 radical (unpaired) electrons. The first-order valence-corrected chi connectivity index (χ1v) is 21.7. The molecule has 0 atom stereocenters. The van der Waals surface area contributed by atoms with E-state index in [9.17, 15) is 15.3 Å². The predicted octanol–water partition coefficient (Wildman–Crippen LogP) is 11.3. The van der Waals surface area contributed by atoms with Gasteiger partial charge in [0.05, 0.1) is 39.2 Å². The lowest BCUT2D eigenvalue weighted by molar-refractivity contribution is -0.140. The summed E-state index contributed by atoms with van der Waals surface area (Å²) in [5, 5.41) is 51.1. The largest absolute Gasteiger partial charge is 0.506 e. The van der Waals surface area contributed by atoms with Gasteiger partial charge in [0.25, 0.3) is 0 Å². The summed E-state index contributed by atoms with van der Waals surface area (Å²) in [6.07, 6.45) is 0. The number of aliphatic hydroxyl groups is 1. The number of ether oxygens (including phenoxy) is 1. The van der Waals surface area contributed by atoms with Gasteiger partial charge in [-0.25, -0.2) is 4.79 Å². The molecule has 1 aliphatic heterocycles. The highest BCUT2D eigenvalue weighted by molar-refractivity contribution is 8.01. The highest BCUT2D eigenvalue weighted by Gasteiger charge is 2.29. The van der Waals surface area contributed by atoms with Gasteiger partial charge in [-0.2, -0.15) is 0 Å². The molecule has 4 aromatic rings. The number of carboxylic acid groups (broad SMARTS) is 1. The molecule has 8 bridgehead atoms. The number of carboxylic acids is 1. The Morgan fingerprint density at radius 2 is 0.732 bits per heavy atom. The number of aliphatic hydroxyl groups excluding tert-OH is 1. The molecule has 7 N–H and O–H groups in total. The predicted molar refractivity (Wildman–Crippen MR) is 231 cm³/mol. The lowest BCUT2D eigenvalue weighted by Crippen LogP contribution is -2.14. The van der Waals surface area contributed by atoms with Gasteiger partial charge in [-0.3, -0.25) is 0 Å². The number of hydrogen-bond donors (Lipinski definition) is 6. The fourth-order valence-corrected chi connectivity index (χ4v) is 9.91. The number of hydrogen-bond acceptors (Lipinski definition) is 11. The molecule has 0 amide bonds. The van der Waals surface area contributed by atoms with Crippen LogP contribution in [0.25, 0.3) is 0 Å². The summed E-state index contributed by atoms with van der Waals surface area (Å²) in [7, 11) is 0. The van der Waals surface area contributed by atoms with E-state index in [0.717, 1.165) is 32.0 Å². The van der Waals surface area contributed by atoms with E-state index in [-0.39, 0.29) is 38.9 Å². The second-order valence-electron chi connectivity index (χ2n) is 17.9. The quantitative estimate of drug-likeness (QED) is 0.102. The van der Waals surface area contributed by atoms with Crippen LogP contribution in [0, 0.1) is 0 Å². The average molecular weight is 840 g/mol. The number of aliphatic carboxylic acids is 1. The molecule has 8 nitrogen and oxygen atoms in total. The topological polar surface area (TPSA) is 153 Å². The number of nitrogens with two attached hydrogens (primary N) is 1. The van der Waals surface area contributed by atoms with Crippen LogP contribution in [0.3, 0.4) is 0 Å². The van der Waals surface area contributed by atoms with Gasteiger partial charge in [0.2, 0.25) is 0 Å². The van der Waals surface area contributed by atoms with Crippen LogP contribution in [0.1, 0.15) is 105 Å². The van der Waals surface area contributed by atoms with Crippen molar-refractivity contribution in [3.05, 3.63) is 70.8 Å². The summed E-state index contributed by atoms with van der Waals surface area (Å²) in [4.78, 5) is 14.8. The molecular weight excluding hydrogens is 783 g/mol. The Morgan fingerprint density at radius 1 is 0.518 bits per heavy atom. The fourth-order valence-electron chi connectivity index (χ4n) is 5.45. The van der Waals surface area contributed by atoms with E-state index in [1.807, 2.05) is 24.3 Å². The number of phenols is 3. The zero-order chi connectivity index (χ0) is 42.1. The van der Waals surface area contributed by atoms with E-state index in [4.69, 9.17) is 25.5 Å². The summed E-state index contributed by atoms with van der Waals surface area (Å²) in [6.45, 7) is 25.9. The number of rotatable bonds is 4. The minimum absolute atomic E-state index is 0.118. The van der Waals surface area contributed by atoms with E-state index in [0.29, 0.717) is 48.3 Å². The van der Waals surface area contributed by atoms with Crippen molar-refractivity contribution in [3.8, 4) is 23.0 Å². The van der Waals surface area contributed by atoms with E-state index < -0.39 is 12.6 Å². The maximum absolute atomic E-state index is 12.0. The summed E-state index contributed by atoms with van der Waals surface area (Å²) in [6, 6.07) is 16.5. The molecule has 0 spiro atoms. The normalized spacial score (nSPS) is 13.5. The Labute approximate surface area is 349 Å². The minimum atomic E-state index is -1.19. The standard InChI is InChI=1S/C42H53NO4S4.C2H4O3/c1-39(2,3)23-15-27-35(44)28(16-23)49-30-18-25(41(7,8)9)20-32(37(30)46)51-34-22-26(42(10,11)12)21-33(38(34)47-14-13-43)50-31-19-24(40(4,5)6)17-29(48-27)36(31)45;3-1-2(4)5/h15-22,44-46H,13-14,43H2,1-12H3;3H,1H2,(H,4,5). The van der Waals surface area contributed by atoms with Crippen molar-refractivity contribution < 1.29 is 35.1 Å². The van der Waals surface area contributed by atoms with Crippen LogP contribution in [-0.4, -0.2) is 51.3 Å². The molecule has 1 aliphatic rings. The molecule has 4 aromatic carbocycles. The Bertz CT molecular complexity index is 1970. The average Bonchev–Trinajstić information content (AvgIpc) is 3.07. The zero-order valence-corrected chi connectivity index (χ0v) is 37.8. The molecule has 0 unspecified atom stereocenters. The smallest absolute Gasteiger partial charge is 0.329 e. The second-order valence-corrected chi connectivity index (χ2v) is 22.2. The van der Waals surface area contributed by atoms with E-state index in [1.165, 1.54) is 47.0 Å². The van der Waals surface area contributed by atoms with E-state index >= 15 is 0 Å². The Hall–Kier alpha value is -3.13. The van der Waals surface area contributed by atoms with Crippen molar-refractivity contribution >= 4 is 53.0 Å². The first-order chi connectivity index (χ1) is 25.7. The van der Waals surface area contributed by atoms with Gasteiger partial charge >= 0.3 is 5.97 Å². The SMILES string of the molecule is CC(C)(C)c1cc2c(O)c(c1)Sc1cc(C(C)(C)C)cc(c1O)Sc1cc(C(C)(C)C)cc(c1OCCN)Sc1cc(C(C)(C)C)cc(c1O)S2.O=C(O)CO. The molecule has 0 fully saturated rings. The van der Waals surface area contributed by atoms with Gasteiger partial charge < -0.3 is 36.0 Å². The number of phenolic OH excluding ortho intramolecular Hbond substituents is 3. The molecule has 304 valence electrons. The number of aromatic hydroxyl groups is 3. The van der Waals surface area contributed by atoms with Crippen LogP contribution in [0.15, 0.2) is 87.7 Å². The molecular formula is C44H57NO7S4. The van der Waals surface area contributed by atoms with Gasteiger partial charge in [-0.15, -0.1) is 0 Å². The number of carbonyl (C=O) groups is 1. The fraction of sp³-hybridized carbons (Fsp3) is 0.432. The van der Waals surface area contributed by atoms with Gasteiger partial charge in [-0.05, 0) is 92.4 Å². The van der Waals surface area contributed by atoms with Crippen molar-refractivity contribution in [1.82, 2.24) is 0 Å². The number of fused-ring (bicyclic) bond motifs is 8. The molecule has 1 heterocycles. The van der Waals surface area contributed by atoms with Crippen LogP contribution in [-0.2, 0) is 26.5 Å². The van der Waals surface area contributed by atoms with E-state index in [2.05, 4.69) is 107 Å². The van der Waals surface area contributed by atoms with E-state index in [1.54, 1.807) is 0 Å². The van der Waals surface area contributed by atoms with Crippen molar-refractivity contribution in [2.24, 2.45) is 5.73 Å². The number of benzene rings is 4. The van der Waals surface area contributed by atoms with Crippen LogP contribution >= 0.6 is 47.0 Å². The monoisotopic (exact) mass is 839 g/mol. The van der Waals surface area contributed by atoms with Crippen LogP contribution in [0.5, 0.6) is 23.0 Å². The first kappa shape index (κ1) is 45.6. The van der Waals surface area contributed by atoms with Crippen LogP contribution in [0.4, 0.5) is 0 Å². The maximum Gasteiger partial charge on any atom is 0.329 e. The minimum Gasteiger partial charge on any atom is -0.506 e. The lowest BCUT2D eigenvalue weighted by atomic mass is 9.87. The van der Waals surface area contributed by atoms with Gasteiger partial charge in [0.15, 0.2) is 0 Å². The van der Waals surface area contributed by atoms with Crippen molar-refractivity contribution in [2.45, 2.75) is 144 Å². The van der Waals surface area contributed by atoms with Gasteiger partial charge in [0.1, 0.15) is 36.2 Å². The summed E-state index contributed by atoms with van der Waals surface area (Å²) in [5.41, 5.74) is 9.41. The van der Waals surface area contributed by atoms with Gasteiger partial charge in [0, 0.05) is 6.54 Å². The molecule has 0 aromatic heterocycles. The molecule has 56 heavy (non-hydrogen) atoms.